The molecule has 5 heteroatoms. The van der Waals surface area contributed by atoms with Gasteiger partial charge in [0.1, 0.15) is 0 Å². The van der Waals surface area contributed by atoms with E-state index in [9.17, 15) is 0 Å². The Morgan fingerprint density at radius 3 is 2.44 bits per heavy atom. The lowest BCUT2D eigenvalue weighted by Crippen LogP contribution is -2.31. The van der Waals surface area contributed by atoms with Crippen LogP contribution in [0.5, 0.6) is 11.5 Å². The topological polar surface area (TPSA) is 56.5 Å². The second-order valence-electron chi connectivity index (χ2n) is 3.34. The molecular formula is C11H16N2O2S. The zero-order valence-corrected chi connectivity index (χ0v) is 10.4. The first-order chi connectivity index (χ1) is 7.58. The number of nitrogens with one attached hydrogen (secondary N) is 1. The number of hydrogen-bond acceptors (Lipinski definition) is 3. The third-order valence-corrected chi connectivity index (χ3v) is 2.38. The predicted molar refractivity (Wildman–Crippen MR) is 67.9 cm³/mol. The molecule has 0 aromatic heterocycles. The van der Waals surface area contributed by atoms with Crippen LogP contribution < -0.4 is 20.5 Å². The van der Waals surface area contributed by atoms with Crippen LogP contribution in [0.15, 0.2) is 18.2 Å². The Labute approximate surface area is 101 Å². The molecule has 1 atom stereocenters. The van der Waals surface area contributed by atoms with E-state index in [1.165, 1.54) is 0 Å². The molecule has 0 spiro atoms. The summed E-state index contributed by atoms with van der Waals surface area (Å²) in [5.41, 5.74) is 6.45. The molecule has 0 aliphatic rings. The van der Waals surface area contributed by atoms with Crippen LogP contribution in [-0.2, 0) is 0 Å². The second kappa shape index (κ2) is 5.55. The van der Waals surface area contributed by atoms with Crippen LogP contribution >= 0.6 is 12.2 Å². The van der Waals surface area contributed by atoms with E-state index in [1.807, 2.05) is 25.1 Å². The standard InChI is InChI=1S/C11H16N2O2S/c1-7(13-11(12)16)8-4-5-9(14-2)10(6-8)15-3/h4-7H,1-3H3,(H3,12,13,16). The molecule has 0 aliphatic carbocycles. The molecule has 0 heterocycles. The largest absolute Gasteiger partial charge is 0.493 e. The maximum absolute atomic E-state index is 5.42. The molecule has 1 unspecified atom stereocenters. The molecule has 16 heavy (non-hydrogen) atoms. The Hall–Kier alpha value is -1.49. The fourth-order valence-corrected chi connectivity index (χ4v) is 1.60. The third kappa shape index (κ3) is 3.00. The average molecular weight is 240 g/mol. The van der Waals surface area contributed by atoms with Gasteiger partial charge < -0.3 is 20.5 Å². The lowest BCUT2D eigenvalue weighted by atomic mass is 10.1. The van der Waals surface area contributed by atoms with Gasteiger partial charge in [-0.2, -0.15) is 0 Å². The summed E-state index contributed by atoms with van der Waals surface area (Å²) >= 11 is 4.79. The molecule has 1 aromatic carbocycles. The van der Waals surface area contributed by atoms with Crippen molar-refractivity contribution in [3.05, 3.63) is 23.8 Å². The van der Waals surface area contributed by atoms with Crippen LogP contribution in [0.1, 0.15) is 18.5 Å². The van der Waals surface area contributed by atoms with E-state index in [2.05, 4.69) is 5.32 Å². The van der Waals surface area contributed by atoms with Gasteiger partial charge in [-0.05, 0) is 36.8 Å². The van der Waals surface area contributed by atoms with Crippen LogP contribution in [0.4, 0.5) is 0 Å². The van der Waals surface area contributed by atoms with Gasteiger partial charge in [-0.25, -0.2) is 0 Å². The molecule has 4 nitrogen and oxygen atoms in total. The number of hydrogen-bond donors (Lipinski definition) is 2. The van der Waals surface area contributed by atoms with Gasteiger partial charge in [0, 0.05) is 0 Å². The molecule has 0 fully saturated rings. The van der Waals surface area contributed by atoms with Gasteiger partial charge in [0.05, 0.1) is 20.3 Å². The van der Waals surface area contributed by atoms with Crippen molar-refractivity contribution in [2.24, 2.45) is 5.73 Å². The molecule has 0 saturated heterocycles. The molecule has 0 amide bonds. The highest BCUT2D eigenvalue weighted by Crippen LogP contribution is 2.29. The monoisotopic (exact) mass is 240 g/mol. The number of benzene rings is 1. The van der Waals surface area contributed by atoms with Crippen molar-refractivity contribution in [2.75, 3.05) is 14.2 Å². The van der Waals surface area contributed by atoms with Crippen LogP contribution in [-0.4, -0.2) is 19.3 Å². The van der Waals surface area contributed by atoms with E-state index in [0.717, 1.165) is 5.56 Å². The molecule has 1 aromatic rings. The molecule has 3 N–H and O–H groups in total. The number of nitrogens with two attached hydrogens (primary N) is 1. The van der Waals surface area contributed by atoms with E-state index in [4.69, 9.17) is 27.4 Å². The Bertz CT molecular complexity index is 382. The summed E-state index contributed by atoms with van der Waals surface area (Å²) in [6.45, 7) is 1.97. The molecule has 0 saturated carbocycles. The molecule has 0 aliphatic heterocycles. The number of ether oxygens (including phenoxy) is 2. The first-order valence-corrected chi connectivity index (χ1v) is 5.27. The van der Waals surface area contributed by atoms with Crippen LogP contribution in [0.2, 0.25) is 0 Å². The van der Waals surface area contributed by atoms with Crippen molar-refractivity contribution in [3.8, 4) is 11.5 Å². The summed E-state index contributed by atoms with van der Waals surface area (Å²) < 4.78 is 10.4. The van der Waals surface area contributed by atoms with Gasteiger partial charge in [-0.15, -0.1) is 0 Å². The molecule has 1 rings (SSSR count). The summed E-state index contributed by atoms with van der Waals surface area (Å²) in [4.78, 5) is 0. The smallest absolute Gasteiger partial charge is 0.164 e. The van der Waals surface area contributed by atoms with Gasteiger partial charge in [0.25, 0.3) is 0 Å². The van der Waals surface area contributed by atoms with E-state index in [1.54, 1.807) is 14.2 Å². The van der Waals surface area contributed by atoms with Crippen molar-refractivity contribution in [1.82, 2.24) is 5.32 Å². The second-order valence-corrected chi connectivity index (χ2v) is 3.78. The lowest BCUT2D eigenvalue weighted by Gasteiger charge is -2.16. The van der Waals surface area contributed by atoms with Crippen LogP contribution in [0, 0.1) is 0 Å². The number of rotatable bonds is 4. The van der Waals surface area contributed by atoms with Gasteiger partial charge >= 0.3 is 0 Å². The highest BCUT2D eigenvalue weighted by atomic mass is 32.1. The summed E-state index contributed by atoms with van der Waals surface area (Å²) in [5, 5.41) is 3.24. The first kappa shape index (κ1) is 12.6. The Morgan fingerprint density at radius 2 is 1.94 bits per heavy atom. The number of thiocarbonyl (C=S) groups is 1. The minimum absolute atomic E-state index is 0.0392. The fourth-order valence-electron chi connectivity index (χ4n) is 1.42. The highest BCUT2D eigenvalue weighted by molar-refractivity contribution is 7.80. The predicted octanol–water partition coefficient (Wildman–Crippen LogP) is 1.60. The quantitative estimate of drug-likeness (QED) is 0.783. The van der Waals surface area contributed by atoms with Gasteiger partial charge in [0.15, 0.2) is 16.6 Å². The van der Waals surface area contributed by atoms with Crippen LogP contribution in [0.3, 0.4) is 0 Å². The minimum Gasteiger partial charge on any atom is -0.493 e. The van der Waals surface area contributed by atoms with Crippen LogP contribution in [0.25, 0.3) is 0 Å². The Balaban J connectivity index is 2.93. The van der Waals surface area contributed by atoms with Gasteiger partial charge in [-0.3, -0.25) is 0 Å². The zero-order chi connectivity index (χ0) is 12.1. The van der Waals surface area contributed by atoms with Gasteiger partial charge in [-0.1, -0.05) is 6.07 Å². The van der Waals surface area contributed by atoms with E-state index in [-0.39, 0.29) is 11.2 Å². The third-order valence-electron chi connectivity index (χ3n) is 2.27. The Morgan fingerprint density at radius 1 is 1.31 bits per heavy atom. The average Bonchev–Trinajstić information content (AvgIpc) is 2.27. The fraction of sp³-hybridized carbons (Fsp3) is 0.364. The first-order valence-electron chi connectivity index (χ1n) is 4.86. The summed E-state index contributed by atoms with van der Waals surface area (Å²) in [5.74, 6) is 1.39. The van der Waals surface area contributed by atoms with Gasteiger partial charge in [0.2, 0.25) is 0 Å². The highest BCUT2D eigenvalue weighted by Gasteiger charge is 2.09. The maximum atomic E-state index is 5.42. The summed E-state index contributed by atoms with van der Waals surface area (Å²) in [6, 6.07) is 5.73. The molecule has 0 radical (unpaired) electrons. The Kier molecular flexibility index (Phi) is 4.37. The van der Waals surface area contributed by atoms with Crippen molar-refractivity contribution in [2.45, 2.75) is 13.0 Å². The van der Waals surface area contributed by atoms with E-state index < -0.39 is 0 Å². The molecular weight excluding hydrogens is 224 g/mol. The summed E-state index contributed by atoms with van der Waals surface area (Å²) in [7, 11) is 3.21. The van der Waals surface area contributed by atoms with Crippen molar-refractivity contribution >= 4 is 17.3 Å². The SMILES string of the molecule is COc1ccc(C(C)NC(N)=S)cc1OC. The zero-order valence-electron chi connectivity index (χ0n) is 9.61. The normalized spacial score (nSPS) is 11.7. The van der Waals surface area contributed by atoms with Crippen molar-refractivity contribution < 1.29 is 9.47 Å². The molecule has 0 bridgehead atoms. The maximum Gasteiger partial charge on any atom is 0.164 e. The van der Waals surface area contributed by atoms with Crippen molar-refractivity contribution in [3.63, 3.8) is 0 Å². The van der Waals surface area contributed by atoms with E-state index in [0.29, 0.717) is 11.5 Å². The van der Waals surface area contributed by atoms with E-state index >= 15 is 0 Å². The lowest BCUT2D eigenvalue weighted by molar-refractivity contribution is 0.354. The van der Waals surface area contributed by atoms with Crippen molar-refractivity contribution in [1.29, 1.82) is 0 Å². The number of methoxy groups -OCH3 is 2. The molecule has 88 valence electrons. The minimum atomic E-state index is 0.0392. The summed E-state index contributed by atoms with van der Waals surface area (Å²) in [6.07, 6.45) is 0.